The Morgan fingerprint density at radius 2 is 2.29 bits per heavy atom. The predicted octanol–water partition coefficient (Wildman–Crippen LogP) is 3.87. The SMILES string of the molecule is CNC(C)c1ccc(Sc2ncco2)c(Br)c1. The normalized spacial score (nSPS) is 12.6. The molecule has 0 saturated carbocycles. The lowest BCUT2D eigenvalue weighted by Gasteiger charge is -2.12. The Morgan fingerprint density at radius 3 is 2.88 bits per heavy atom. The Morgan fingerprint density at radius 1 is 1.47 bits per heavy atom. The Labute approximate surface area is 113 Å². The molecule has 1 heterocycles. The summed E-state index contributed by atoms with van der Waals surface area (Å²) in [6.07, 6.45) is 3.22. The van der Waals surface area contributed by atoms with E-state index in [2.05, 4.69) is 51.4 Å². The van der Waals surface area contributed by atoms with E-state index >= 15 is 0 Å². The van der Waals surface area contributed by atoms with Crippen LogP contribution < -0.4 is 5.32 Å². The zero-order valence-corrected chi connectivity index (χ0v) is 12.0. The van der Waals surface area contributed by atoms with Crippen molar-refractivity contribution in [2.24, 2.45) is 0 Å². The summed E-state index contributed by atoms with van der Waals surface area (Å²) in [4.78, 5) is 5.19. The van der Waals surface area contributed by atoms with E-state index in [0.717, 1.165) is 9.37 Å². The second-order valence-corrected chi connectivity index (χ2v) is 5.45. The van der Waals surface area contributed by atoms with Crippen LogP contribution in [0.25, 0.3) is 0 Å². The van der Waals surface area contributed by atoms with Crippen molar-refractivity contribution >= 4 is 27.7 Å². The van der Waals surface area contributed by atoms with Crippen molar-refractivity contribution in [2.75, 3.05) is 7.05 Å². The molecule has 0 amide bonds. The number of nitrogens with one attached hydrogen (secondary N) is 1. The lowest BCUT2D eigenvalue weighted by Crippen LogP contribution is -2.12. The minimum absolute atomic E-state index is 0.340. The van der Waals surface area contributed by atoms with E-state index in [9.17, 15) is 0 Å². The van der Waals surface area contributed by atoms with Gasteiger partial charge in [0, 0.05) is 15.4 Å². The molecule has 1 aromatic carbocycles. The summed E-state index contributed by atoms with van der Waals surface area (Å²) in [5.74, 6) is 0. The van der Waals surface area contributed by atoms with E-state index in [-0.39, 0.29) is 0 Å². The number of nitrogens with zero attached hydrogens (tertiary/aromatic N) is 1. The van der Waals surface area contributed by atoms with Gasteiger partial charge in [0.2, 0.25) is 0 Å². The first-order valence-corrected chi connectivity index (χ1v) is 6.85. The molecule has 1 N–H and O–H groups in total. The van der Waals surface area contributed by atoms with Crippen LogP contribution in [0.15, 0.2) is 49.7 Å². The lowest BCUT2D eigenvalue weighted by atomic mass is 10.1. The molecular weight excluding hydrogens is 300 g/mol. The van der Waals surface area contributed by atoms with Gasteiger partial charge in [-0.15, -0.1) is 0 Å². The third-order valence-corrected chi connectivity index (χ3v) is 4.37. The lowest BCUT2D eigenvalue weighted by molar-refractivity contribution is 0.454. The summed E-state index contributed by atoms with van der Waals surface area (Å²) >= 11 is 5.08. The molecule has 2 rings (SSSR count). The molecule has 5 heteroatoms. The summed E-state index contributed by atoms with van der Waals surface area (Å²) in [5, 5.41) is 3.87. The molecule has 0 fully saturated rings. The van der Waals surface area contributed by atoms with Crippen molar-refractivity contribution in [3.63, 3.8) is 0 Å². The van der Waals surface area contributed by atoms with E-state index in [1.54, 1.807) is 12.5 Å². The highest BCUT2D eigenvalue weighted by molar-refractivity contribution is 9.10. The van der Waals surface area contributed by atoms with Crippen LogP contribution in [0.2, 0.25) is 0 Å². The van der Waals surface area contributed by atoms with Gasteiger partial charge < -0.3 is 9.73 Å². The zero-order valence-electron chi connectivity index (χ0n) is 9.61. The second-order valence-electron chi connectivity index (χ2n) is 3.60. The first kappa shape index (κ1) is 12.7. The molecule has 0 aliphatic rings. The molecule has 2 aromatic rings. The zero-order chi connectivity index (χ0) is 12.3. The molecule has 17 heavy (non-hydrogen) atoms. The van der Waals surface area contributed by atoms with Crippen LogP contribution in [0, 0.1) is 0 Å². The number of benzene rings is 1. The minimum Gasteiger partial charge on any atom is -0.440 e. The maximum Gasteiger partial charge on any atom is 0.260 e. The first-order valence-electron chi connectivity index (χ1n) is 5.24. The van der Waals surface area contributed by atoms with E-state index in [1.165, 1.54) is 17.3 Å². The Balaban J connectivity index is 2.20. The van der Waals surface area contributed by atoms with Crippen molar-refractivity contribution in [2.45, 2.75) is 23.1 Å². The van der Waals surface area contributed by atoms with Gasteiger partial charge in [0.1, 0.15) is 6.26 Å². The number of halogens is 1. The van der Waals surface area contributed by atoms with Crippen LogP contribution in [0.3, 0.4) is 0 Å². The van der Waals surface area contributed by atoms with Crippen molar-refractivity contribution < 1.29 is 4.42 Å². The average Bonchev–Trinajstić information content (AvgIpc) is 2.83. The highest BCUT2D eigenvalue weighted by Gasteiger charge is 2.09. The Kier molecular flexibility index (Phi) is 4.25. The summed E-state index contributed by atoms with van der Waals surface area (Å²) < 4.78 is 6.27. The van der Waals surface area contributed by atoms with Gasteiger partial charge in [0.15, 0.2) is 0 Å². The van der Waals surface area contributed by atoms with Crippen molar-refractivity contribution in [1.82, 2.24) is 10.3 Å². The van der Waals surface area contributed by atoms with Crippen LogP contribution in [0.5, 0.6) is 0 Å². The van der Waals surface area contributed by atoms with Gasteiger partial charge in [-0.1, -0.05) is 6.07 Å². The molecular formula is C12H13BrN2OS. The first-order chi connectivity index (χ1) is 8.20. The van der Waals surface area contributed by atoms with Gasteiger partial charge in [0.25, 0.3) is 5.22 Å². The standard InChI is InChI=1S/C12H13BrN2OS/c1-8(14-2)9-3-4-11(10(13)7-9)17-12-15-5-6-16-12/h3-8,14H,1-2H3. The maximum atomic E-state index is 5.21. The molecule has 3 nitrogen and oxygen atoms in total. The van der Waals surface area contributed by atoms with Gasteiger partial charge in [-0.25, -0.2) is 4.98 Å². The van der Waals surface area contributed by atoms with E-state index < -0.39 is 0 Å². The fourth-order valence-electron chi connectivity index (χ4n) is 1.39. The summed E-state index contributed by atoms with van der Waals surface area (Å²) in [6.45, 7) is 2.13. The monoisotopic (exact) mass is 312 g/mol. The number of aromatic nitrogens is 1. The van der Waals surface area contributed by atoms with Crippen molar-refractivity contribution in [3.05, 3.63) is 40.7 Å². The number of hydrogen-bond donors (Lipinski definition) is 1. The third-order valence-electron chi connectivity index (χ3n) is 2.50. The maximum absolute atomic E-state index is 5.21. The highest BCUT2D eigenvalue weighted by atomic mass is 79.9. The average molecular weight is 313 g/mol. The molecule has 1 unspecified atom stereocenters. The van der Waals surface area contributed by atoms with Gasteiger partial charge in [-0.2, -0.15) is 0 Å². The molecule has 90 valence electrons. The molecule has 0 aliphatic heterocycles. The van der Waals surface area contributed by atoms with Crippen LogP contribution in [-0.4, -0.2) is 12.0 Å². The highest BCUT2D eigenvalue weighted by Crippen LogP contribution is 2.34. The van der Waals surface area contributed by atoms with Gasteiger partial charge in [0.05, 0.1) is 6.20 Å². The number of hydrogen-bond acceptors (Lipinski definition) is 4. The molecule has 0 saturated heterocycles. The van der Waals surface area contributed by atoms with Gasteiger partial charge in [-0.05, 0) is 59.4 Å². The van der Waals surface area contributed by atoms with Gasteiger partial charge in [-0.3, -0.25) is 0 Å². The van der Waals surface area contributed by atoms with E-state index in [1.807, 2.05) is 7.05 Å². The summed E-state index contributed by atoms with van der Waals surface area (Å²) in [7, 11) is 1.95. The van der Waals surface area contributed by atoms with Crippen LogP contribution in [0.1, 0.15) is 18.5 Å². The van der Waals surface area contributed by atoms with Crippen molar-refractivity contribution in [1.29, 1.82) is 0 Å². The smallest absolute Gasteiger partial charge is 0.260 e. The molecule has 1 aromatic heterocycles. The number of rotatable bonds is 4. The van der Waals surface area contributed by atoms with E-state index in [0.29, 0.717) is 11.3 Å². The molecule has 0 radical (unpaired) electrons. The Bertz CT molecular complexity index is 487. The van der Waals surface area contributed by atoms with Gasteiger partial charge >= 0.3 is 0 Å². The Hall–Kier alpha value is -0.780. The summed E-state index contributed by atoms with van der Waals surface area (Å²) in [5.41, 5.74) is 1.25. The molecule has 0 aliphatic carbocycles. The molecule has 0 bridgehead atoms. The van der Waals surface area contributed by atoms with E-state index in [4.69, 9.17) is 4.42 Å². The quantitative estimate of drug-likeness (QED) is 0.930. The predicted molar refractivity (Wildman–Crippen MR) is 72.2 cm³/mol. The topological polar surface area (TPSA) is 38.1 Å². The third kappa shape index (κ3) is 3.12. The van der Waals surface area contributed by atoms with Crippen molar-refractivity contribution in [3.8, 4) is 0 Å². The van der Waals surface area contributed by atoms with Crippen LogP contribution in [-0.2, 0) is 0 Å². The van der Waals surface area contributed by atoms with Crippen LogP contribution >= 0.6 is 27.7 Å². The minimum atomic E-state index is 0.340. The largest absolute Gasteiger partial charge is 0.440 e. The fraction of sp³-hybridized carbons (Fsp3) is 0.250. The number of oxazole rings is 1. The molecule has 0 spiro atoms. The second kappa shape index (κ2) is 5.71. The molecule has 1 atom stereocenters. The fourth-order valence-corrected chi connectivity index (χ4v) is 2.73. The summed E-state index contributed by atoms with van der Waals surface area (Å²) in [6, 6.07) is 6.64. The van der Waals surface area contributed by atoms with Crippen LogP contribution in [0.4, 0.5) is 0 Å².